The second kappa shape index (κ2) is 8.35. The number of rotatable bonds is 7. The fourth-order valence-electron chi connectivity index (χ4n) is 4.43. The zero-order valence-corrected chi connectivity index (χ0v) is 20.3. The van der Waals surface area contributed by atoms with Crippen molar-refractivity contribution in [1.29, 1.82) is 0 Å². The zero-order chi connectivity index (χ0) is 22.1. The van der Waals surface area contributed by atoms with Crippen LogP contribution in [0.4, 0.5) is 0 Å². The van der Waals surface area contributed by atoms with Crippen LogP contribution in [0.2, 0.25) is 13.1 Å². The van der Waals surface area contributed by atoms with Gasteiger partial charge >= 0.3 is 0 Å². The summed E-state index contributed by atoms with van der Waals surface area (Å²) in [5.41, 5.74) is 3.86. The molecule has 160 valence electrons. The molecule has 0 saturated carbocycles. The van der Waals surface area contributed by atoms with Crippen LogP contribution in [0.5, 0.6) is 11.5 Å². The van der Waals surface area contributed by atoms with Gasteiger partial charge in [-0.1, -0.05) is 70.8 Å². The highest BCUT2D eigenvalue weighted by Gasteiger charge is 2.44. The monoisotopic (exact) mass is 422 g/mol. The third-order valence-electron chi connectivity index (χ3n) is 5.99. The number of benzene rings is 2. The molecule has 3 nitrogen and oxygen atoms in total. The maximum Gasteiger partial charge on any atom is 0.123 e. The first-order valence-corrected chi connectivity index (χ1v) is 13.5. The van der Waals surface area contributed by atoms with Gasteiger partial charge in [-0.2, -0.15) is 0 Å². The van der Waals surface area contributed by atoms with Crippen molar-refractivity contribution in [1.82, 2.24) is 0 Å². The largest absolute Gasteiger partial charge is 0.501 e. The van der Waals surface area contributed by atoms with Crippen LogP contribution in [0.3, 0.4) is 0 Å². The normalized spacial score (nSPS) is 16.0. The van der Waals surface area contributed by atoms with Gasteiger partial charge in [0.15, 0.2) is 0 Å². The Labute approximate surface area is 182 Å². The van der Waals surface area contributed by atoms with Gasteiger partial charge < -0.3 is 14.2 Å². The second-order valence-corrected chi connectivity index (χ2v) is 14.0. The quantitative estimate of drug-likeness (QED) is 0.417. The van der Waals surface area contributed by atoms with Gasteiger partial charge in [-0.3, -0.25) is 0 Å². The van der Waals surface area contributed by atoms with Crippen molar-refractivity contribution in [2.24, 2.45) is 0 Å². The average Bonchev–Trinajstić information content (AvgIpc) is 3.10. The lowest BCUT2D eigenvalue weighted by Gasteiger charge is -2.36. The lowest BCUT2D eigenvalue weighted by molar-refractivity contribution is 0.285. The first-order valence-electron chi connectivity index (χ1n) is 10.5. The van der Waals surface area contributed by atoms with E-state index in [1.165, 1.54) is 16.3 Å². The third-order valence-corrected chi connectivity index (χ3v) is 9.79. The standard InChI is InChI=1S/C26H34O3Si/c1-9-14-29-24-21(26(2,3)4)16-19(27-5)17-23(24)30(7,8)25-20-13-11-10-12-18(20)15-22(25)28-6/h9-13,15-17,25H,1,14H2,2-8H3. The molecule has 0 fully saturated rings. The van der Waals surface area contributed by atoms with E-state index >= 15 is 0 Å². The molecule has 0 bridgehead atoms. The fourth-order valence-corrected chi connectivity index (χ4v) is 8.00. The van der Waals surface area contributed by atoms with Gasteiger partial charge in [-0.25, -0.2) is 0 Å². The molecule has 0 aromatic heterocycles. The molecule has 30 heavy (non-hydrogen) atoms. The van der Waals surface area contributed by atoms with E-state index in [0.29, 0.717) is 6.61 Å². The SMILES string of the molecule is C=CCOc1c(C(C)(C)C)cc(OC)cc1[Si](C)(C)C1C(OC)=Cc2ccccc21. The van der Waals surface area contributed by atoms with E-state index in [4.69, 9.17) is 14.2 Å². The van der Waals surface area contributed by atoms with E-state index in [0.717, 1.165) is 22.8 Å². The number of methoxy groups -OCH3 is 2. The molecule has 1 aliphatic rings. The molecule has 0 saturated heterocycles. The van der Waals surface area contributed by atoms with Crippen LogP contribution in [-0.4, -0.2) is 28.9 Å². The number of ether oxygens (including phenoxy) is 3. The van der Waals surface area contributed by atoms with Gasteiger partial charge in [-0.05, 0) is 39.9 Å². The fraction of sp³-hybridized carbons (Fsp3) is 0.385. The van der Waals surface area contributed by atoms with Crippen LogP contribution in [0.15, 0.2) is 54.8 Å². The smallest absolute Gasteiger partial charge is 0.123 e. The van der Waals surface area contributed by atoms with Crippen molar-refractivity contribution in [3.8, 4) is 11.5 Å². The molecule has 0 spiro atoms. The lowest BCUT2D eigenvalue weighted by atomic mass is 9.86. The van der Waals surface area contributed by atoms with Crippen molar-refractivity contribution in [3.63, 3.8) is 0 Å². The molecule has 0 N–H and O–H groups in total. The third kappa shape index (κ3) is 3.93. The maximum absolute atomic E-state index is 6.35. The summed E-state index contributed by atoms with van der Waals surface area (Å²) in [4.78, 5) is 0. The van der Waals surface area contributed by atoms with Crippen LogP contribution in [0, 0.1) is 0 Å². The molecular formula is C26H34O3Si. The van der Waals surface area contributed by atoms with Gasteiger partial charge in [0.2, 0.25) is 0 Å². The van der Waals surface area contributed by atoms with Crippen LogP contribution < -0.4 is 14.7 Å². The average molecular weight is 423 g/mol. The number of hydrogen-bond donors (Lipinski definition) is 0. The highest BCUT2D eigenvalue weighted by atomic mass is 28.3. The van der Waals surface area contributed by atoms with Gasteiger partial charge in [0.25, 0.3) is 0 Å². The Balaban J connectivity index is 2.27. The molecule has 1 aliphatic carbocycles. The molecule has 0 amide bonds. The summed E-state index contributed by atoms with van der Waals surface area (Å²) in [6, 6.07) is 12.9. The molecule has 0 radical (unpaired) electrons. The van der Waals surface area contributed by atoms with Crippen molar-refractivity contribution in [2.45, 2.75) is 44.8 Å². The highest BCUT2D eigenvalue weighted by Crippen LogP contribution is 2.45. The van der Waals surface area contributed by atoms with E-state index in [1.54, 1.807) is 20.3 Å². The summed E-state index contributed by atoms with van der Waals surface area (Å²) < 4.78 is 18.0. The molecule has 2 aromatic carbocycles. The zero-order valence-electron chi connectivity index (χ0n) is 19.3. The Morgan fingerprint density at radius 3 is 2.37 bits per heavy atom. The second-order valence-electron chi connectivity index (χ2n) is 9.44. The van der Waals surface area contributed by atoms with Crippen LogP contribution >= 0.6 is 0 Å². The van der Waals surface area contributed by atoms with Gasteiger partial charge in [0.1, 0.15) is 31.9 Å². The Kier molecular flexibility index (Phi) is 6.18. The minimum absolute atomic E-state index is 0.0855. The maximum atomic E-state index is 6.35. The molecule has 0 heterocycles. The number of allylic oxidation sites excluding steroid dienone is 1. The summed E-state index contributed by atoms with van der Waals surface area (Å²) >= 11 is 0. The van der Waals surface area contributed by atoms with Crippen LogP contribution in [0.1, 0.15) is 43.0 Å². The summed E-state index contributed by atoms with van der Waals surface area (Å²) in [6.07, 6.45) is 3.99. The van der Waals surface area contributed by atoms with Gasteiger partial charge in [-0.15, -0.1) is 0 Å². The van der Waals surface area contributed by atoms with Gasteiger partial charge in [0.05, 0.1) is 14.2 Å². The minimum Gasteiger partial charge on any atom is -0.501 e. The molecule has 0 aliphatic heterocycles. The molecular weight excluding hydrogens is 388 g/mol. The Bertz CT molecular complexity index is 967. The first kappa shape index (κ1) is 22.2. The minimum atomic E-state index is -2.17. The summed E-state index contributed by atoms with van der Waals surface area (Å²) in [5.74, 6) is 2.87. The molecule has 3 rings (SSSR count). The van der Waals surface area contributed by atoms with Crippen molar-refractivity contribution in [2.75, 3.05) is 20.8 Å². The summed E-state index contributed by atoms with van der Waals surface area (Å²) in [5, 5.41) is 1.25. The van der Waals surface area contributed by atoms with E-state index in [9.17, 15) is 0 Å². The van der Waals surface area contributed by atoms with Crippen molar-refractivity contribution in [3.05, 3.63) is 71.5 Å². The van der Waals surface area contributed by atoms with Crippen molar-refractivity contribution < 1.29 is 14.2 Å². The van der Waals surface area contributed by atoms with Crippen LogP contribution in [0.25, 0.3) is 6.08 Å². The van der Waals surface area contributed by atoms with E-state index in [1.807, 2.05) is 0 Å². The Morgan fingerprint density at radius 1 is 1.07 bits per heavy atom. The number of fused-ring (bicyclic) bond motifs is 1. The molecule has 1 atom stereocenters. The Hall–Kier alpha value is -2.46. The molecule has 2 aromatic rings. The Morgan fingerprint density at radius 2 is 1.77 bits per heavy atom. The van der Waals surface area contributed by atoms with E-state index in [-0.39, 0.29) is 11.0 Å². The summed E-state index contributed by atoms with van der Waals surface area (Å²) in [7, 11) is 1.34. The molecule has 4 heteroatoms. The summed E-state index contributed by atoms with van der Waals surface area (Å²) in [6.45, 7) is 15.8. The highest BCUT2D eigenvalue weighted by molar-refractivity contribution is 6.92. The van der Waals surface area contributed by atoms with Crippen molar-refractivity contribution >= 4 is 19.3 Å². The van der Waals surface area contributed by atoms with Crippen LogP contribution in [-0.2, 0) is 10.2 Å². The first-order chi connectivity index (χ1) is 14.1. The topological polar surface area (TPSA) is 27.7 Å². The predicted octanol–water partition coefficient (Wildman–Crippen LogP) is 5.80. The van der Waals surface area contributed by atoms with E-state index < -0.39 is 8.07 Å². The van der Waals surface area contributed by atoms with E-state index in [2.05, 4.69) is 82.9 Å². The lowest BCUT2D eigenvalue weighted by Crippen LogP contribution is -2.49. The number of hydrogen-bond acceptors (Lipinski definition) is 3. The molecule has 1 unspecified atom stereocenters. The predicted molar refractivity (Wildman–Crippen MR) is 129 cm³/mol. The van der Waals surface area contributed by atoms with Gasteiger partial charge in [0, 0.05) is 11.1 Å².